The van der Waals surface area contributed by atoms with Crippen LogP contribution in [0.1, 0.15) is 17.2 Å². The smallest absolute Gasteiger partial charge is 0.129 e. The van der Waals surface area contributed by atoms with Crippen molar-refractivity contribution in [2.75, 3.05) is 0 Å². The molecule has 0 spiro atoms. The van der Waals surface area contributed by atoms with E-state index in [0.717, 1.165) is 0 Å². The fraction of sp³-hybridized carbons (Fsp3) is 0.143. The van der Waals surface area contributed by atoms with Crippen LogP contribution in [0.4, 0.5) is 8.78 Å². The Morgan fingerprint density at radius 1 is 1.10 bits per heavy atom. The zero-order chi connectivity index (χ0) is 14.7. The van der Waals surface area contributed by atoms with Crippen molar-refractivity contribution in [3.05, 3.63) is 69.2 Å². The minimum Gasteiger partial charge on any atom is -0.271 e. The lowest BCUT2D eigenvalue weighted by molar-refractivity contribution is 0.499. The average Bonchev–Trinajstić information content (AvgIpc) is 2.39. The van der Waals surface area contributed by atoms with E-state index in [1.54, 1.807) is 12.1 Å². The highest BCUT2D eigenvalue weighted by Crippen LogP contribution is 2.29. The minimum absolute atomic E-state index is 0.153. The second kappa shape index (κ2) is 6.50. The Hall–Kier alpha value is -1.20. The first-order valence-corrected chi connectivity index (χ1v) is 6.62. The van der Waals surface area contributed by atoms with Gasteiger partial charge < -0.3 is 0 Å². The summed E-state index contributed by atoms with van der Waals surface area (Å²) in [6.45, 7) is 0. The number of nitrogens with two attached hydrogens (primary N) is 1. The van der Waals surface area contributed by atoms with Gasteiger partial charge in [-0.15, -0.1) is 0 Å². The molecule has 6 heteroatoms. The van der Waals surface area contributed by atoms with Crippen LogP contribution in [0.3, 0.4) is 0 Å². The first kappa shape index (κ1) is 15.2. The fourth-order valence-corrected chi connectivity index (χ4v) is 2.45. The summed E-state index contributed by atoms with van der Waals surface area (Å²) >= 11 is 11.7. The third-order valence-electron chi connectivity index (χ3n) is 2.99. The molecule has 0 saturated heterocycles. The number of halogens is 4. The molecule has 2 nitrogen and oxygen atoms in total. The summed E-state index contributed by atoms with van der Waals surface area (Å²) in [5, 5.41) is 0.537. The molecule has 0 aliphatic rings. The van der Waals surface area contributed by atoms with Crippen molar-refractivity contribution in [1.82, 2.24) is 5.43 Å². The Labute approximate surface area is 125 Å². The van der Waals surface area contributed by atoms with Crippen LogP contribution in [0.25, 0.3) is 0 Å². The fourth-order valence-electron chi connectivity index (χ4n) is 2.00. The van der Waals surface area contributed by atoms with Gasteiger partial charge >= 0.3 is 0 Å². The molecule has 1 unspecified atom stereocenters. The molecule has 0 fully saturated rings. The Bertz CT molecular complexity index is 600. The predicted octanol–water partition coefficient (Wildman–Crippen LogP) is 4.02. The van der Waals surface area contributed by atoms with Crippen LogP contribution in [-0.4, -0.2) is 0 Å². The van der Waals surface area contributed by atoms with E-state index in [-0.39, 0.29) is 17.0 Å². The van der Waals surface area contributed by atoms with E-state index < -0.39 is 17.7 Å². The Balaban J connectivity index is 2.34. The summed E-state index contributed by atoms with van der Waals surface area (Å²) in [6, 6.07) is 8.00. The zero-order valence-corrected chi connectivity index (χ0v) is 11.8. The highest BCUT2D eigenvalue weighted by atomic mass is 35.5. The summed E-state index contributed by atoms with van der Waals surface area (Å²) < 4.78 is 27.6. The van der Waals surface area contributed by atoms with Crippen LogP contribution in [0, 0.1) is 11.6 Å². The van der Waals surface area contributed by atoms with E-state index >= 15 is 0 Å². The van der Waals surface area contributed by atoms with Crippen LogP contribution in [0.5, 0.6) is 0 Å². The van der Waals surface area contributed by atoms with E-state index in [9.17, 15) is 8.78 Å². The molecule has 106 valence electrons. The SMILES string of the molecule is NNC(Cc1ccc(Cl)cc1F)c1c(F)cccc1Cl. The molecule has 20 heavy (non-hydrogen) atoms. The zero-order valence-electron chi connectivity index (χ0n) is 10.3. The summed E-state index contributed by atoms with van der Waals surface area (Å²) in [4.78, 5) is 0. The topological polar surface area (TPSA) is 38.0 Å². The predicted molar refractivity (Wildman–Crippen MR) is 76.6 cm³/mol. The van der Waals surface area contributed by atoms with Gasteiger partial charge in [0.1, 0.15) is 11.6 Å². The van der Waals surface area contributed by atoms with Gasteiger partial charge in [-0.05, 0) is 36.2 Å². The summed E-state index contributed by atoms with van der Waals surface area (Å²) in [6.07, 6.45) is 0.153. The maximum Gasteiger partial charge on any atom is 0.129 e. The molecule has 0 aliphatic carbocycles. The van der Waals surface area contributed by atoms with Crippen molar-refractivity contribution >= 4 is 23.2 Å². The largest absolute Gasteiger partial charge is 0.271 e. The van der Waals surface area contributed by atoms with Crippen molar-refractivity contribution in [2.45, 2.75) is 12.5 Å². The van der Waals surface area contributed by atoms with Gasteiger partial charge in [-0.1, -0.05) is 35.3 Å². The average molecular weight is 317 g/mol. The molecule has 0 heterocycles. The highest BCUT2D eigenvalue weighted by molar-refractivity contribution is 6.31. The molecule has 2 rings (SSSR count). The van der Waals surface area contributed by atoms with Crippen molar-refractivity contribution in [1.29, 1.82) is 0 Å². The maximum atomic E-state index is 13.9. The third kappa shape index (κ3) is 3.27. The van der Waals surface area contributed by atoms with Crippen LogP contribution in [-0.2, 0) is 6.42 Å². The van der Waals surface area contributed by atoms with Gasteiger partial charge in [-0.3, -0.25) is 11.3 Å². The van der Waals surface area contributed by atoms with Crippen molar-refractivity contribution in [3.8, 4) is 0 Å². The first-order chi connectivity index (χ1) is 9.52. The van der Waals surface area contributed by atoms with E-state index in [0.29, 0.717) is 10.6 Å². The Morgan fingerprint density at radius 2 is 1.85 bits per heavy atom. The Kier molecular flexibility index (Phi) is 4.94. The van der Waals surface area contributed by atoms with Gasteiger partial charge in [0.25, 0.3) is 0 Å². The second-order valence-electron chi connectivity index (χ2n) is 4.29. The van der Waals surface area contributed by atoms with Gasteiger partial charge in [-0.25, -0.2) is 8.78 Å². The summed E-state index contributed by atoms with van der Waals surface area (Å²) in [5.74, 6) is 4.49. The highest BCUT2D eigenvalue weighted by Gasteiger charge is 2.19. The molecule has 0 aromatic heterocycles. The second-order valence-corrected chi connectivity index (χ2v) is 5.14. The lowest BCUT2D eigenvalue weighted by Crippen LogP contribution is -2.30. The van der Waals surface area contributed by atoms with E-state index in [4.69, 9.17) is 29.0 Å². The molecular formula is C14H12Cl2F2N2. The van der Waals surface area contributed by atoms with E-state index in [2.05, 4.69) is 5.43 Å². The number of benzene rings is 2. The molecular weight excluding hydrogens is 305 g/mol. The monoisotopic (exact) mass is 316 g/mol. The van der Waals surface area contributed by atoms with Crippen molar-refractivity contribution in [3.63, 3.8) is 0 Å². The number of rotatable bonds is 4. The van der Waals surface area contributed by atoms with E-state index in [1.807, 2.05) is 0 Å². The number of hydrogen-bond donors (Lipinski definition) is 2. The third-order valence-corrected chi connectivity index (χ3v) is 3.55. The van der Waals surface area contributed by atoms with Crippen LogP contribution in [0.2, 0.25) is 10.0 Å². The molecule has 2 aromatic rings. The van der Waals surface area contributed by atoms with Crippen LogP contribution < -0.4 is 11.3 Å². The number of hydrazine groups is 1. The lowest BCUT2D eigenvalue weighted by atomic mass is 9.98. The van der Waals surface area contributed by atoms with Crippen LogP contribution >= 0.6 is 23.2 Å². The van der Waals surface area contributed by atoms with Gasteiger partial charge in [0.05, 0.1) is 6.04 Å². The van der Waals surface area contributed by atoms with Gasteiger partial charge in [-0.2, -0.15) is 0 Å². The molecule has 0 saturated carbocycles. The molecule has 0 aliphatic heterocycles. The van der Waals surface area contributed by atoms with Crippen LogP contribution in [0.15, 0.2) is 36.4 Å². The lowest BCUT2D eigenvalue weighted by Gasteiger charge is -2.19. The summed E-state index contributed by atoms with van der Waals surface area (Å²) in [7, 11) is 0. The number of hydrogen-bond acceptors (Lipinski definition) is 2. The standard InChI is InChI=1S/C14H12Cl2F2N2/c15-9-5-4-8(12(18)7-9)6-13(20-19)14-10(16)2-1-3-11(14)17/h1-5,7,13,20H,6,19H2. The van der Waals surface area contributed by atoms with Crippen molar-refractivity contribution in [2.24, 2.45) is 5.84 Å². The molecule has 3 N–H and O–H groups in total. The number of nitrogens with one attached hydrogen (secondary N) is 1. The normalized spacial score (nSPS) is 12.4. The molecule has 0 amide bonds. The first-order valence-electron chi connectivity index (χ1n) is 5.87. The molecule has 0 bridgehead atoms. The van der Waals surface area contributed by atoms with E-state index in [1.165, 1.54) is 24.3 Å². The van der Waals surface area contributed by atoms with Gasteiger partial charge in [0, 0.05) is 15.6 Å². The maximum absolute atomic E-state index is 13.9. The van der Waals surface area contributed by atoms with Gasteiger partial charge in [0.2, 0.25) is 0 Å². The van der Waals surface area contributed by atoms with Gasteiger partial charge in [0.15, 0.2) is 0 Å². The molecule has 1 atom stereocenters. The van der Waals surface area contributed by atoms with Crippen molar-refractivity contribution < 1.29 is 8.78 Å². The Morgan fingerprint density at radius 3 is 2.45 bits per heavy atom. The quantitative estimate of drug-likeness (QED) is 0.660. The summed E-state index contributed by atoms with van der Waals surface area (Å²) in [5.41, 5.74) is 3.05. The molecule has 2 aromatic carbocycles. The minimum atomic E-state index is -0.639. The molecule has 0 radical (unpaired) electrons.